The van der Waals surface area contributed by atoms with E-state index in [1.165, 1.54) is 0 Å². The van der Waals surface area contributed by atoms with E-state index in [-0.39, 0.29) is 23.2 Å². The fourth-order valence-electron chi connectivity index (χ4n) is 2.94. The van der Waals surface area contributed by atoms with Gasteiger partial charge in [0, 0.05) is 12.0 Å². The van der Waals surface area contributed by atoms with Crippen LogP contribution in [-0.2, 0) is 0 Å². The monoisotopic (exact) mass is 268 g/mol. The number of hydrogen-bond acceptors (Lipinski definition) is 2. The van der Waals surface area contributed by atoms with E-state index in [0.717, 1.165) is 19.3 Å². The third-order valence-electron chi connectivity index (χ3n) is 4.05. The number of ketones is 1. The lowest BCUT2D eigenvalue weighted by molar-refractivity contribution is 0.0826. The minimum atomic E-state index is 0.0733. The lowest BCUT2D eigenvalue weighted by Gasteiger charge is -2.26. The molecule has 1 aromatic rings. The van der Waals surface area contributed by atoms with Crippen LogP contribution in [0.4, 0.5) is 0 Å². The van der Waals surface area contributed by atoms with Gasteiger partial charge in [0.05, 0.1) is 11.2 Å². The van der Waals surface area contributed by atoms with Crippen molar-refractivity contribution in [3.05, 3.63) is 16.9 Å². The fraction of sp³-hybridized carbons (Fsp3) is 0.714. The maximum Gasteiger partial charge on any atom is 0.185 e. The molecule has 1 saturated carbocycles. The molecule has 1 aliphatic carbocycles. The van der Waals surface area contributed by atoms with E-state index in [0.29, 0.717) is 10.7 Å². The van der Waals surface area contributed by atoms with Crippen molar-refractivity contribution in [1.29, 1.82) is 0 Å². The standard InChI is InChI=1S/C14H21ClN2O/c1-9(2)17-12(11(15)8-16-17)13(18)10-6-5-7-14(10,3)4/h8-10H,5-7H2,1-4H3. The van der Waals surface area contributed by atoms with E-state index in [1.54, 1.807) is 10.9 Å². The highest BCUT2D eigenvalue weighted by Gasteiger charge is 2.41. The van der Waals surface area contributed by atoms with Crippen LogP contribution < -0.4 is 0 Å². The highest BCUT2D eigenvalue weighted by Crippen LogP contribution is 2.44. The highest BCUT2D eigenvalue weighted by molar-refractivity contribution is 6.33. The third-order valence-corrected chi connectivity index (χ3v) is 4.32. The zero-order valence-corrected chi connectivity index (χ0v) is 12.3. The average Bonchev–Trinajstić information content (AvgIpc) is 2.80. The predicted octanol–water partition coefficient (Wildman–Crippen LogP) is 4.13. The van der Waals surface area contributed by atoms with Gasteiger partial charge < -0.3 is 0 Å². The summed E-state index contributed by atoms with van der Waals surface area (Å²) in [4.78, 5) is 12.7. The topological polar surface area (TPSA) is 34.9 Å². The first kappa shape index (κ1) is 13.6. The summed E-state index contributed by atoms with van der Waals surface area (Å²) in [6.45, 7) is 8.37. The van der Waals surface area contributed by atoms with Crippen LogP contribution in [0.1, 0.15) is 63.5 Å². The molecule has 1 fully saturated rings. The molecule has 1 heterocycles. The summed E-state index contributed by atoms with van der Waals surface area (Å²) >= 11 is 6.15. The summed E-state index contributed by atoms with van der Waals surface area (Å²) < 4.78 is 1.75. The number of halogens is 1. The van der Waals surface area contributed by atoms with Crippen LogP contribution in [0.5, 0.6) is 0 Å². The second kappa shape index (κ2) is 4.69. The van der Waals surface area contributed by atoms with Crippen molar-refractivity contribution in [2.45, 2.75) is 53.0 Å². The van der Waals surface area contributed by atoms with Gasteiger partial charge in [0.2, 0.25) is 0 Å². The van der Waals surface area contributed by atoms with Gasteiger partial charge in [-0.3, -0.25) is 9.48 Å². The van der Waals surface area contributed by atoms with Crippen LogP contribution >= 0.6 is 11.6 Å². The summed E-state index contributed by atoms with van der Waals surface area (Å²) in [6, 6.07) is 0.154. The van der Waals surface area contributed by atoms with Crippen LogP contribution in [0.2, 0.25) is 5.02 Å². The number of nitrogens with zero attached hydrogens (tertiary/aromatic N) is 2. The van der Waals surface area contributed by atoms with Crippen molar-refractivity contribution < 1.29 is 4.79 Å². The van der Waals surface area contributed by atoms with Crippen LogP contribution in [0.3, 0.4) is 0 Å². The minimum Gasteiger partial charge on any atom is -0.292 e. The maximum absolute atomic E-state index is 12.7. The number of Topliss-reactive ketones (excluding diaryl/α,β-unsaturated/α-hetero) is 1. The highest BCUT2D eigenvalue weighted by atomic mass is 35.5. The molecule has 1 unspecified atom stereocenters. The van der Waals surface area contributed by atoms with Gasteiger partial charge in [0.25, 0.3) is 0 Å². The zero-order chi connectivity index (χ0) is 13.5. The molecule has 18 heavy (non-hydrogen) atoms. The fourth-order valence-corrected chi connectivity index (χ4v) is 3.16. The first-order valence-corrected chi connectivity index (χ1v) is 6.99. The van der Waals surface area contributed by atoms with Crippen LogP contribution in [0, 0.1) is 11.3 Å². The SMILES string of the molecule is CC(C)n1ncc(Cl)c1C(=O)C1CCCC1(C)C. The number of carbonyl (C=O) groups is 1. The normalized spacial score (nSPS) is 22.7. The molecular formula is C14H21ClN2O. The molecule has 0 bridgehead atoms. The van der Waals surface area contributed by atoms with Gasteiger partial charge in [-0.15, -0.1) is 0 Å². The molecule has 0 saturated heterocycles. The van der Waals surface area contributed by atoms with Crippen molar-refractivity contribution in [2.75, 3.05) is 0 Å². The van der Waals surface area contributed by atoms with Crippen molar-refractivity contribution >= 4 is 17.4 Å². The third kappa shape index (κ3) is 2.20. The smallest absolute Gasteiger partial charge is 0.185 e. The number of hydrogen-bond donors (Lipinski definition) is 0. The molecule has 0 spiro atoms. The van der Waals surface area contributed by atoms with Crippen molar-refractivity contribution in [1.82, 2.24) is 9.78 Å². The van der Waals surface area contributed by atoms with Crippen molar-refractivity contribution in [3.8, 4) is 0 Å². The van der Waals surface area contributed by atoms with E-state index < -0.39 is 0 Å². The molecule has 0 aliphatic heterocycles. The Morgan fingerprint density at radius 1 is 1.56 bits per heavy atom. The Morgan fingerprint density at radius 2 is 2.22 bits per heavy atom. The summed E-state index contributed by atoms with van der Waals surface area (Å²) in [5.41, 5.74) is 0.665. The Morgan fingerprint density at radius 3 is 2.72 bits per heavy atom. The molecule has 0 amide bonds. The van der Waals surface area contributed by atoms with E-state index >= 15 is 0 Å². The quantitative estimate of drug-likeness (QED) is 0.773. The van der Waals surface area contributed by atoms with E-state index in [2.05, 4.69) is 18.9 Å². The minimum absolute atomic E-state index is 0.0733. The zero-order valence-electron chi connectivity index (χ0n) is 11.5. The molecule has 2 rings (SSSR count). The number of aromatic nitrogens is 2. The Kier molecular flexibility index (Phi) is 3.54. The van der Waals surface area contributed by atoms with Crippen LogP contribution in [0.25, 0.3) is 0 Å². The molecule has 0 N–H and O–H groups in total. The summed E-state index contributed by atoms with van der Waals surface area (Å²) in [7, 11) is 0. The predicted molar refractivity (Wildman–Crippen MR) is 73.1 cm³/mol. The van der Waals surface area contributed by atoms with E-state index in [4.69, 9.17) is 11.6 Å². The van der Waals surface area contributed by atoms with Gasteiger partial charge in [-0.25, -0.2) is 0 Å². The molecule has 3 nitrogen and oxygen atoms in total. The van der Waals surface area contributed by atoms with Gasteiger partial charge >= 0.3 is 0 Å². The summed E-state index contributed by atoms with van der Waals surface area (Å²) in [6.07, 6.45) is 4.77. The summed E-state index contributed by atoms with van der Waals surface area (Å²) in [5, 5.41) is 4.70. The summed E-state index contributed by atoms with van der Waals surface area (Å²) in [5.74, 6) is 0.234. The lowest BCUT2D eigenvalue weighted by Crippen LogP contribution is -2.28. The number of rotatable bonds is 3. The molecule has 1 aliphatic rings. The van der Waals surface area contributed by atoms with E-state index in [1.807, 2.05) is 13.8 Å². The largest absolute Gasteiger partial charge is 0.292 e. The van der Waals surface area contributed by atoms with Crippen molar-refractivity contribution in [2.24, 2.45) is 11.3 Å². The first-order chi connectivity index (χ1) is 8.34. The molecular weight excluding hydrogens is 248 g/mol. The molecule has 0 radical (unpaired) electrons. The van der Waals surface area contributed by atoms with Gasteiger partial charge in [0.15, 0.2) is 5.78 Å². The second-order valence-corrected chi connectivity index (χ2v) is 6.58. The molecule has 0 aromatic carbocycles. The Balaban J connectivity index is 2.37. The van der Waals surface area contributed by atoms with E-state index in [9.17, 15) is 4.79 Å². The first-order valence-electron chi connectivity index (χ1n) is 6.62. The Labute approximate surface area is 114 Å². The van der Waals surface area contributed by atoms with Crippen molar-refractivity contribution in [3.63, 3.8) is 0 Å². The molecule has 4 heteroatoms. The van der Waals surface area contributed by atoms with Crippen LogP contribution in [-0.4, -0.2) is 15.6 Å². The van der Waals surface area contributed by atoms with Gasteiger partial charge in [-0.05, 0) is 32.1 Å². The maximum atomic E-state index is 12.7. The van der Waals surface area contributed by atoms with Gasteiger partial charge in [0.1, 0.15) is 5.69 Å². The van der Waals surface area contributed by atoms with Crippen LogP contribution in [0.15, 0.2) is 6.20 Å². The average molecular weight is 269 g/mol. The van der Waals surface area contributed by atoms with Gasteiger partial charge in [-0.2, -0.15) is 5.10 Å². The molecule has 100 valence electrons. The van der Waals surface area contributed by atoms with Gasteiger partial charge in [-0.1, -0.05) is 31.9 Å². The number of carbonyl (C=O) groups excluding carboxylic acids is 1. The lowest BCUT2D eigenvalue weighted by atomic mass is 9.78. The Hall–Kier alpha value is -0.830. The Bertz CT molecular complexity index is 462. The second-order valence-electron chi connectivity index (χ2n) is 6.18. The molecule has 1 aromatic heterocycles. The molecule has 1 atom stereocenters.